The smallest absolute Gasteiger partial charge is 0.271 e. The molecular weight excluding hydrogens is 290 g/mol. The van der Waals surface area contributed by atoms with Crippen molar-refractivity contribution in [2.24, 2.45) is 0 Å². The molecule has 1 aliphatic rings. The average Bonchev–Trinajstić information content (AvgIpc) is 2.84. The van der Waals surface area contributed by atoms with Crippen LogP contribution in [0.15, 0.2) is 11.4 Å². The zero-order valence-corrected chi connectivity index (χ0v) is 11.9. The fraction of sp³-hybridized carbons (Fsp3) is 0.545. The summed E-state index contributed by atoms with van der Waals surface area (Å²) < 4.78 is 5.10. The monoisotopic (exact) mass is 303 g/mol. The van der Waals surface area contributed by atoms with Crippen LogP contribution in [-0.2, 0) is 4.74 Å². The molecule has 0 aromatic carbocycles. The number of aromatic nitrogens is 2. The summed E-state index contributed by atoms with van der Waals surface area (Å²) in [4.78, 5) is 20.0. The van der Waals surface area contributed by atoms with Gasteiger partial charge in [0, 0.05) is 19.6 Å². The lowest BCUT2D eigenvalue weighted by Gasteiger charge is -2.20. The first-order valence-corrected chi connectivity index (χ1v) is 7.29. The van der Waals surface area contributed by atoms with E-state index < -0.39 is 11.5 Å². The summed E-state index contributed by atoms with van der Waals surface area (Å²) in [6.45, 7) is 0.832. The number of nitrogens with one attached hydrogen (secondary N) is 1. The van der Waals surface area contributed by atoms with Gasteiger partial charge in [-0.3, -0.25) is 4.79 Å². The molecule has 2 N–H and O–H groups in total. The lowest BCUT2D eigenvalue weighted by molar-refractivity contribution is 0.0264. The SMILES string of the molecule is CSc1ncc(Cl)c(C(=O)NCC2(O)CCOC2)n1. The van der Waals surface area contributed by atoms with Crippen LogP contribution in [0.1, 0.15) is 16.9 Å². The minimum atomic E-state index is -1.00. The standard InChI is InChI=1S/C11H14ClN3O3S/c1-19-10-13-4-7(12)8(15-10)9(16)14-5-11(17)2-3-18-6-11/h4,17H,2-3,5-6H2,1H3,(H,14,16). The molecule has 1 amide bonds. The first kappa shape index (κ1) is 14.5. The second-order valence-corrected chi connectivity index (χ2v) is 5.44. The van der Waals surface area contributed by atoms with Crippen molar-refractivity contribution in [3.63, 3.8) is 0 Å². The highest BCUT2D eigenvalue weighted by Gasteiger charge is 2.32. The Morgan fingerprint density at radius 2 is 2.53 bits per heavy atom. The topological polar surface area (TPSA) is 84.3 Å². The maximum absolute atomic E-state index is 12.0. The van der Waals surface area contributed by atoms with Crippen molar-refractivity contribution in [2.75, 3.05) is 26.0 Å². The van der Waals surface area contributed by atoms with Crippen LogP contribution < -0.4 is 5.32 Å². The van der Waals surface area contributed by atoms with Gasteiger partial charge in [-0.25, -0.2) is 9.97 Å². The van der Waals surface area contributed by atoms with Gasteiger partial charge in [0.2, 0.25) is 0 Å². The summed E-state index contributed by atoms with van der Waals surface area (Å²) in [5.41, 5.74) is -0.888. The van der Waals surface area contributed by atoms with Crippen LogP contribution in [0.5, 0.6) is 0 Å². The Morgan fingerprint density at radius 1 is 1.74 bits per heavy atom. The van der Waals surface area contributed by atoms with E-state index in [1.54, 1.807) is 0 Å². The first-order valence-electron chi connectivity index (χ1n) is 5.69. The van der Waals surface area contributed by atoms with Crippen molar-refractivity contribution in [3.05, 3.63) is 16.9 Å². The predicted octanol–water partition coefficient (Wildman–Crippen LogP) is 0.733. The highest BCUT2D eigenvalue weighted by Crippen LogP contribution is 2.19. The molecule has 1 saturated heterocycles. The number of hydrogen-bond donors (Lipinski definition) is 2. The summed E-state index contributed by atoms with van der Waals surface area (Å²) in [5, 5.41) is 13.3. The fourth-order valence-corrected chi connectivity index (χ4v) is 2.19. The number of carbonyl (C=O) groups excluding carboxylic acids is 1. The molecule has 0 aliphatic carbocycles. The van der Waals surface area contributed by atoms with E-state index in [2.05, 4.69) is 15.3 Å². The molecule has 104 valence electrons. The van der Waals surface area contributed by atoms with E-state index in [9.17, 15) is 9.90 Å². The predicted molar refractivity (Wildman–Crippen MR) is 71.5 cm³/mol. The average molecular weight is 304 g/mol. The Bertz CT molecular complexity index is 480. The molecule has 2 rings (SSSR count). The summed E-state index contributed by atoms with van der Waals surface area (Å²) in [6.07, 6.45) is 3.70. The Kier molecular flexibility index (Phi) is 4.62. The highest BCUT2D eigenvalue weighted by molar-refractivity contribution is 7.98. The van der Waals surface area contributed by atoms with Crippen molar-refractivity contribution in [3.8, 4) is 0 Å². The van der Waals surface area contributed by atoms with Crippen molar-refractivity contribution < 1.29 is 14.6 Å². The number of nitrogens with zero attached hydrogens (tertiary/aromatic N) is 2. The Balaban J connectivity index is 2.03. The van der Waals surface area contributed by atoms with Crippen LogP contribution in [0, 0.1) is 0 Å². The molecule has 1 aliphatic heterocycles. The number of halogens is 1. The molecule has 0 saturated carbocycles. The number of rotatable bonds is 4. The minimum Gasteiger partial charge on any atom is -0.386 e. The third kappa shape index (κ3) is 3.56. The third-order valence-corrected chi connectivity index (χ3v) is 3.62. The summed E-state index contributed by atoms with van der Waals surface area (Å²) in [6, 6.07) is 0. The van der Waals surface area contributed by atoms with Gasteiger partial charge in [-0.05, 0) is 6.26 Å². The van der Waals surface area contributed by atoms with Crippen molar-refractivity contribution >= 4 is 29.3 Å². The van der Waals surface area contributed by atoms with Crippen molar-refractivity contribution in [1.29, 1.82) is 0 Å². The highest BCUT2D eigenvalue weighted by atomic mass is 35.5. The van der Waals surface area contributed by atoms with Gasteiger partial charge in [0.1, 0.15) is 5.60 Å². The van der Waals surface area contributed by atoms with Gasteiger partial charge in [-0.1, -0.05) is 23.4 Å². The van der Waals surface area contributed by atoms with Crippen LogP contribution in [-0.4, -0.2) is 52.6 Å². The molecule has 0 radical (unpaired) electrons. The Morgan fingerprint density at radius 3 is 3.16 bits per heavy atom. The fourth-order valence-electron chi connectivity index (χ4n) is 1.67. The van der Waals surface area contributed by atoms with Crippen molar-refractivity contribution in [2.45, 2.75) is 17.2 Å². The molecule has 6 nitrogen and oxygen atoms in total. The Hall–Kier alpha value is -0.890. The molecule has 1 aromatic heterocycles. The van der Waals surface area contributed by atoms with E-state index in [-0.39, 0.29) is 23.9 Å². The van der Waals surface area contributed by atoms with Gasteiger partial charge in [-0.2, -0.15) is 0 Å². The third-order valence-electron chi connectivity index (χ3n) is 2.78. The van der Waals surface area contributed by atoms with Gasteiger partial charge in [-0.15, -0.1) is 0 Å². The summed E-state index contributed by atoms with van der Waals surface area (Å²) in [5.74, 6) is -0.428. The maximum atomic E-state index is 12.0. The van der Waals surface area contributed by atoms with Gasteiger partial charge < -0.3 is 15.2 Å². The van der Waals surface area contributed by atoms with Crippen LogP contribution >= 0.6 is 23.4 Å². The molecule has 19 heavy (non-hydrogen) atoms. The largest absolute Gasteiger partial charge is 0.386 e. The van der Waals surface area contributed by atoms with E-state index in [1.807, 2.05) is 6.26 Å². The molecule has 1 unspecified atom stereocenters. The van der Waals surface area contributed by atoms with Gasteiger partial charge in [0.15, 0.2) is 10.9 Å². The Labute approximate surface area is 119 Å². The molecule has 1 aromatic rings. The van der Waals surface area contributed by atoms with Gasteiger partial charge >= 0.3 is 0 Å². The number of hydrogen-bond acceptors (Lipinski definition) is 6. The van der Waals surface area contributed by atoms with Crippen LogP contribution in [0.25, 0.3) is 0 Å². The van der Waals surface area contributed by atoms with Gasteiger partial charge in [0.25, 0.3) is 5.91 Å². The second-order valence-electron chi connectivity index (χ2n) is 4.26. The molecule has 1 fully saturated rings. The molecule has 2 heterocycles. The lowest BCUT2D eigenvalue weighted by Crippen LogP contribution is -2.43. The normalized spacial score (nSPS) is 22.5. The quantitative estimate of drug-likeness (QED) is 0.630. The van der Waals surface area contributed by atoms with E-state index >= 15 is 0 Å². The van der Waals surface area contributed by atoms with Crippen LogP contribution in [0.3, 0.4) is 0 Å². The number of ether oxygens (including phenoxy) is 1. The number of aliphatic hydroxyl groups is 1. The summed E-state index contributed by atoms with van der Waals surface area (Å²) in [7, 11) is 0. The molecule has 1 atom stereocenters. The zero-order valence-electron chi connectivity index (χ0n) is 10.4. The van der Waals surface area contributed by atoms with E-state index in [4.69, 9.17) is 16.3 Å². The zero-order chi connectivity index (χ0) is 13.9. The molecule has 0 bridgehead atoms. The number of thioether (sulfide) groups is 1. The van der Waals surface area contributed by atoms with Crippen LogP contribution in [0.2, 0.25) is 5.02 Å². The van der Waals surface area contributed by atoms with Crippen molar-refractivity contribution in [1.82, 2.24) is 15.3 Å². The number of amides is 1. The lowest BCUT2D eigenvalue weighted by atomic mass is 10.0. The second kappa shape index (κ2) is 6.04. The van der Waals surface area contributed by atoms with E-state index in [0.29, 0.717) is 18.2 Å². The maximum Gasteiger partial charge on any atom is 0.271 e. The molecule has 8 heteroatoms. The number of carbonyl (C=O) groups is 1. The molecule has 0 spiro atoms. The van der Waals surface area contributed by atoms with E-state index in [0.717, 1.165) is 0 Å². The first-order chi connectivity index (χ1) is 9.04. The van der Waals surface area contributed by atoms with Gasteiger partial charge in [0.05, 0.1) is 17.8 Å². The summed E-state index contributed by atoms with van der Waals surface area (Å²) >= 11 is 7.22. The minimum absolute atomic E-state index is 0.112. The molecular formula is C11H14ClN3O3S. The van der Waals surface area contributed by atoms with E-state index in [1.165, 1.54) is 18.0 Å². The van der Waals surface area contributed by atoms with Crippen LogP contribution in [0.4, 0.5) is 0 Å².